The van der Waals surface area contributed by atoms with Crippen LogP contribution in [0.25, 0.3) is 0 Å². The summed E-state index contributed by atoms with van der Waals surface area (Å²) in [7, 11) is 1.71. The maximum Gasteiger partial charge on any atom is 0.119 e. The molecule has 24 heavy (non-hydrogen) atoms. The number of aryl methyl sites for hydroxylation is 2. The first kappa shape index (κ1) is 15.5. The summed E-state index contributed by atoms with van der Waals surface area (Å²) in [6.45, 7) is 11.1. The third kappa shape index (κ3) is 2.77. The molecule has 0 radical (unpaired) electrons. The van der Waals surface area contributed by atoms with E-state index in [1.807, 2.05) is 12.1 Å². The molecule has 2 aliphatic rings. The first-order valence-corrected chi connectivity index (χ1v) is 8.69. The van der Waals surface area contributed by atoms with Crippen molar-refractivity contribution in [3.05, 3.63) is 41.7 Å². The fraction of sp³-hybridized carbons (Fsp3) is 0.526. The van der Waals surface area contributed by atoms with Gasteiger partial charge >= 0.3 is 0 Å². The number of nitrogens with zero attached hydrogens (tertiary/aromatic N) is 4. The van der Waals surface area contributed by atoms with Crippen molar-refractivity contribution >= 4 is 5.69 Å². The Bertz CT molecular complexity index is 707. The van der Waals surface area contributed by atoms with Crippen molar-refractivity contribution in [3.63, 3.8) is 0 Å². The average Bonchev–Trinajstić information content (AvgIpc) is 2.82. The molecule has 2 fully saturated rings. The molecule has 0 unspecified atom stereocenters. The van der Waals surface area contributed by atoms with E-state index in [-0.39, 0.29) is 0 Å². The quantitative estimate of drug-likeness (QED) is 0.844. The molecule has 5 nitrogen and oxygen atoms in total. The number of hydrogen-bond donors (Lipinski definition) is 0. The SMILES string of the molecule is COc1ccc(N2CC3(CN(CCn4nc(C)cc4C)C3)C2)cc1. The second kappa shape index (κ2) is 5.81. The summed E-state index contributed by atoms with van der Waals surface area (Å²) < 4.78 is 7.36. The smallest absolute Gasteiger partial charge is 0.119 e. The van der Waals surface area contributed by atoms with Gasteiger partial charge in [0, 0.05) is 49.5 Å². The van der Waals surface area contributed by atoms with Gasteiger partial charge in [0.25, 0.3) is 0 Å². The normalized spacial score (nSPS) is 19.2. The number of rotatable bonds is 5. The van der Waals surface area contributed by atoms with E-state index in [1.165, 1.54) is 37.6 Å². The maximum absolute atomic E-state index is 5.23. The molecule has 1 aromatic carbocycles. The molecule has 1 spiro atoms. The number of ether oxygens (including phenoxy) is 1. The summed E-state index contributed by atoms with van der Waals surface area (Å²) >= 11 is 0. The summed E-state index contributed by atoms with van der Waals surface area (Å²) in [5.41, 5.74) is 4.20. The van der Waals surface area contributed by atoms with Crippen molar-refractivity contribution in [1.82, 2.24) is 14.7 Å². The summed E-state index contributed by atoms with van der Waals surface area (Å²) in [5.74, 6) is 0.924. The van der Waals surface area contributed by atoms with Crippen LogP contribution in [-0.4, -0.2) is 54.5 Å². The van der Waals surface area contributed by atoms with Gasteiger partial charge in [-0.15, -0.1) is 0 Å². The van der Waals surface area contributed by atoms with Gasteiger partial charge in [-0.25, -0.2) is 0 Å². The molecule has 2 aliphatic heterocycles. The second-order valence-corrected chi connectivity index (χ2v) is 7.41. The van der Waals surface area contributed by atoms with Crippen molar-refractivity contribution in [1.29, 1.82) is 0 Å². The molecule has 1 aromatic heterocycles. The number of benzene rings is 1. The highest BCUT2D eigenvalue weighted by molar-refractivity contribution is 5.52. The predicted molar refractivity (Wildman–Crippen MR) is 95.8 cm³/mol. The van der Waals surface area contributed by atoms with Gasteiger partial charge in [0.2, 0.25) is 0 Å². The average molecular weight is 326 g/mol. The topological polar surface area (TPSA) is 33.5 Å². The van der Waals surface area contributed by atoms with Crippen LogP contribution < -0.4 is 9.64 Å². The third-order valence-electron chi connectivity index (χ3n) is 5.34. The highest BCUT2D eigenvalue weighted by Gasteiger charge is 2.51. The van der Waals surface area contributed by atoms with Gasteiger partial charge in [0.15, 0.2) is 0 Å². The molecule has 5 heteroatoms. The Morgan fingerprint density at radius 2 is 1.75 bits per heavy atom. The first-order chi connectivity index (χ1) is 11.6. The lowest BCUT2D eigenvalue weighted by Crippen LogP contribution is -2.72. The van der Waals surface area contributed by atoms with Gasteiger partial charge in [-0.05, 0) is 44.2 Å². The molecule has 0 N–H and O–H groups in total. The minimum Gasteiger partial charge on any atom is -0.497 e. The lowest BCUT2D eigenvalue weighted by molar-refractivity contribution is -0.0238. The molecular formula is C19H26N4O. The van der Waals surface area contributed by atoms with Crippen molar-refractivity contribution in [2.45, 2.75) is 20.4 Å². The lowest BCUT2D eigenvalue weighted by Gasteiger charge is -2.61. The third-order valence-corrected chi connectivity index (χ3v) is 5.34. The highest BCUT2D eigenvalue weighted by atomic mass is 16.5. The number of methoxy groups -OCH3 is 1. The van der Waals surface area contributed by atoms with Crippen LogP contribution in [0.15, 0.2) is 30.3 Å². The van der Waals surface area contributed by atoms with Crippen LogP contribution in [-0.2, 0) is 6.54 Å². The minimum absolute atomic E-state index is 0.523. The van der Waals surface area contributed by atoms with Crippen LogP contribution in [0.5, 0.6) is 5.75 Å². The van der Waals surface area contributed by atoms with Gasteiger partial charge < -0.3 is 14.5 Å². The van der Waals surface area contributed by atoms with Crippen LogP contribution in [0.4, 0.5) is 5.69 Å². The largest absolute Gasteiger partial charge is 0.497 e. The molecule has 2 aromatic rings. The Balaban J connectivity index is 1.24. The highest BCUT2D eigenvalue weighted by Crippen LogP contribution is 2.41. The lowest BCUT2D eigenvalue weighted by atomic mass is 9.72. The van der Waals surface area contributed by atoms with E-state index in [0.29, 0.717) is 5.41 Å². The summed E-state index contributed by atoms with van der Waals surface area (Å²) in [6, 6.07) is 10.6. The molecule has 2 saturated heterocycles. The van der Waals surface area contributed by atoms with E-state index in [1.54, 1.807) is 7.11 Å². The van der Waals surface area contributed by atoms with Crippen LogP contribution in [0, 0.1) is 19.3 Å². The summed E-state index contributed by atoms with van der Waals surface area (Å²) in [6.07, 6.45) is 0. The minimum atomic E-state index is 0.523. The van der Waals surface area contributed by atoms with Crippen molar-refractivity contribution in [3.8, 4) is 5.75 Å². The van der Waals surface area contributed by atoms with Gasteiger partial charge in [0.1, 0.15) is 5.75 Å². The van der Waals surface area contributed by atoms with Gasteiger partial charge in [-0.1, -0.05) is 0 Å². The number of anilines is 1. The van der Waals surface area contributed by atoms with Gasteiger partial charge in [-0.3, -0.25) is 4.68 Å². The molecular weight excluding hydrogens is 300 g/mol. The molecule has 0 amide bonds. The maximum atomic E-state index is 5.23. The van der Waals surface area contributed by atoms with Gasteiger partial charge in [-0.2, -0.15) is 5.10 Å². The van der Waals surface area contributed by atoms with Crippen molar-refractivity contribution in [2.75, 3.05) is 44.7 Å². The number of hydrogen-bond acceptors (Lipinski definition) is 4. The van der Waals surface area contributed by atoms with E-state index in [0.717, 1.165) is 24.5 Å². The van der Waals surface area contributed by atoms with Crippen LogP contribution >= 0.6 is 0 Å². The molecule has 3 heterocycles. The van der Waals surface area contributed by atoms with E-state index < -0.39 is 0 Å². The zero-order chi connectivity index (χ0) is 16.7. The number of aromatic nitrogens is 2. The zero-order valence-corrected chi connectivity index (χ0v) is 14.8. The van der Waals surface area contributed by atoms with E-state index in [9.17, 15) is 0 Å². The standard InChI is InChI=1S/C19H26N4O/c1-15-10-16(2)23(20-15)9-8-21-11-19(12-21)13-22(14-19)17-4-6-18(24-3)7-5-17/h4-7,10H,8-9,11-14H2,1-3H3. The van der Waals surface area contributed by atoms with Crippen LogP contribution in [0.2, 0.25) is 0 Å². The molecule has 0 atom stereocenters. The van der Waals surface area contributed by atoms with Crippen molar-refractivity contribution in [2.24, 2.45) is 5.41 Å². The summed E-state index contributed by atoms with van der Waals surface area (Å²) in [4.78, 5) is 5.03. The fourth-order valence-corrected chi connectivity index (χ4v) is 4.14. The van der Waals surface area contributed by atoms with Crippen LogP contribution in [0.3, 0.4) is 0 Å². The Hall–Kier alpha value is -2.01. The Morgan fingerprint density at radius 3 is 2.33 bits per heavy atom. The van der Waals surface area contributed by atoms with Crippen LogP contribution in [0.1, 0.15) is 11.4 Å². The molecule has 4 rings (SSSR count). The molecule has 0 bridgehead atoms. The van der Waals surface area contributed by atoms with Gasteiger partial charge in [0.05, 0.1) is 19.3 Å². The Morgan fingerprint density at radius 1 is 1.04 bits per heavy atom. The molecule has 0 saturated carbocycles. The Labute approximate surface area is 143 Å². The second-order valence-electron chi connectivity index (χ2n) is 7.41. The monoisotopic (exact) mass is 326 g/mol. The number of likely N-dealkylation sites (tertiary alicyclic amines) is 1. The van der Waals surface area contributed by atoms with E-state index in [2.05, 4.69) is 51.6 Å². The molecule has 0 aliphatic carbocycles. The summed E-state index contributed by atoms with van der Waals surface area (Å²) in [5, 5.41) is 4.55. The zero-order valence-electron chi connectivity index (χ0n) is 14.8. The van der Waals surface area contributed by atoms with E-state index >= 15 is 0 Å². The van der Waals surface area contributed by atoms with E-state index in [4.69, 9.17) is 4.74 Å². The first-order valence-electron chi connectivity index (χ1n) is 8.69. The molecule has 128 valence electrons. The fourth-order valence-electron chi connectivity index (χ4n) is 4.14. The van der Waals surface area contributed by atoms with Crippen molar-refractivity contribution < 1.29 is 4.74 Å². The predicted octanol–water partition coefficient (Wildman–Crippen LogP) is 2.33. The Kier molecular flexibility index (Phi) is 3.76.